The summed E-state index contributed by atoms with van der Waals surface area (Å²) in [5, 5.41) is 14.0. The van der Waals surface area contributed by atoms with E-state index < -0.39 is 24.3 Å². The molecule has 2 amide bonds. The van der Waals surface area contributed by atoms with Gasteiger partial charge in [0.15, 0.2) is 5.12 Å². The van der Waals surface area contributed by atoms with Crippen molar-refractivity contribution in [3.8, 4) is 0 Å². The molecule has 0 aliphatic heterocycles. The van der Waals surface area contributed by atoms with E-state index in [0.717, 1.165) is 25.0 Å². The number of carboxylic acids is 1. The fraction of sp³-hybridized carbons (Fsp3) is 0.733. The van der Waals surface area contributed by atoms with E-state index in [1.165, 1.54) is 18.7 Å². The monoisotopic (exact) mass is 346 g/mol. The molecular weight excluding hydrogens is 320 g/mol. The molecule has 0 spiro atoms. The van der Waals surface area contributed by atoms with Gasteiger partial charge >= 0.3 is 5.97 Å². The number of carbonyl (C=O) groups excluding carboxylic acids is 3. The number of hydrogen-bond donors (Lipinski definition) is 3. The first-order valence-corrected chi connectivity index (χ1v) is 8.77. The van der Waals surface area contributed by atoms with Gasteiger partial charge in [0.2, 0.25) is 11.8 Å². The molecule has 7 nitrogen and oxygen atoms in total. The number of hydrogen-bond acceptors (Lipinski definition) is 5. The van der Waals surface area contributed by atoms with Crippen LogP contribution in [0.1, 0.15) is 52.4 Å². The van der Waals surface area contributed by atoms with Crippen molar-refractivity contribution in [3.05, 3.63) is 0 Å². The molecule has 8 heteroatoms. The smallest absolute Gasteiger partial charge is 0.305 e. The number of amides is 2. The van der Waals surface area contributed by atoms with Crippen LogP contribution in [0.5, 0.6) is 0 Å². The second kappa shape index (κ2) is 12.9. The fourth-order valence-corrected chi connectivity index (χ4v) is 2.44. The fourth-order valence-electron chi connectivity index (χ4n) is 1.80. The lowest BCUT2D eigenvalue weighted by Crippen LogP contribution is -2.48. The summed E-state index contributed by atoms with van der Waals surface area (Å²) in [6.07, 6.45) is 2.82. The third-order valence-electron chi connectivity index (χ3n) is 2.93. The van der Waals surface area contributed by atoms with Gasteiger partial charge in [0, 0.05) is 25.6 Å². The van der Waals surface area contributed by atoms with E-state index in [0.29, 0.717) is 13.0 Å². The van der Waals surface area contributed by atoms with Gasteiger partial charge in [-0.3, -0.25) is 19.2 Å². The van der Waals surface area contributed by atoms with Gasteiger partial charge in [0.05, 0.1) is 6.42 Å². The van der Waals surface area contributed by atoms with Gasteiger partial charge in [0.1, 0.15) is 6.04 Å². The molecule has 0 saturated carbocycles. The van der Waals surface area contributed by atoms with Crippen molar-refractivity contribution in [1.82, 2.24) is 10.6 Å². The molecule has 0 saturated heterocycles. The Morgan fingerprint density at radius 1 is 1.13 bits per heavy atom. The standard InChI is InChI=1S/C15H26N2O5S/c1-3-8-16-15(22)12(10-14(20)21)17-13(19)7-5-4-6-9-23-11(2)18/h12H,3-10H2,1-2H3,(H,16,22)(H,17,19)(H,20,21)/t12-/m0/s1. The molecule has 0 radical (unpaired) electrons. The maximum atomic E-state index is 11.8. The van der Waals surface area contributed by atoms with E-state index in [1.807, 2.05) is 6.92 Å². The topological polar surface area (TPSA) is 113 Å². The van der Waals surface area contributed by atoms with Crippen LogP contribution >= 0.6 is 11.8 Å². The van der Waals surface area contributed by atoms with Crippen LogP contribution in [0.15, 0.2) is 0 Å². The number of carboxylic acid groups (broad SMARTS) is 1. The quantitative estimate of drug-likeness (QED) is 0.459. The van der Waals surface area contributed by atoms with Gasteiger partial charge in [-0.15, -0.1) is 0 Å². The summed E-state index contributed by atoms with van der Waals surface area (Å²) in [4.78, 5) is 45.2. The zero-order chi connectivity index (χ0) is 17.7. The van der Waals surface area contributed by atoms with Gasteiger partial charge in [-0.25, -0.2) is 0 Å². The zero-order valence-electron chi connectivity index (χ0n) is 13.7. The van der Waals surface area contributed by atoms with Crippen molar-refractivity contribution < 1.29 is 24.3 Å². The first kappa shape index (κ1) is 21.4. The first-order chi connectivity index (χ1) is 10.9. The number of thioether (sulfide) groups is 1. The Morgan fingerprint density at radius 3 is 2.39 bits per heavy atom. The molecule has 0 aliphatic carbocycles. The number of rotatable bonds is 12. The summed E-state index contributed by atoms with van der Waals surface area (Å²) < 4.78 is 0. The summed E-state index contributed by atoms with van der Waals surface area (Å²) in [5.74, 6) is -1.20. The molecule has 0 aromatic heterocycles. The number of carbonyl (C=O) groups is 4. The highest BCUT2D eigenvalue weighted by Gasteiger charge is 2.22. The molecule has 3 N–H and O–H groups in total. The molecular formula is C15H26N2O5S. The lowest BCUT2D eigenvalue weighted by molar-refractivity contribution is -0.140. The molecule has 23 heavy (non-hydrogen) atoms. The molecule has 0 aliphatic rings. The Bertz CT molecular complexity index is 415. The third kappa shape index (κ3) is 12.6. The van der Waals surface area contributed by atoms with Crippen molar-refractivity contribution in [1.29, 1.82) is 0 Å². The van der Waals surface area contributed by atoms with E-state index in [1.54, 1.807) is 0 Å². The van der Waals surface area contributed by atoms with E-state index in [-0.39, 0.29) is 17.4 Å². The second-order valence-corrected chi connectivity index (χ2v) is 6.43. The van der Waals surface area contributed by atoms with Gasteiger partial charge < -0.3 is 15.7 Å². The largest absolute Gasteiger partial charge is 0.481 e. The molecule has 0 aromatic carbocycles. The van der Waals surface area contributed by atoms with Gasteiger partial charge in [-0.1, -0.05) is 25.1 Å². The van der Waals surface area contributed by atoms with Crippen LogP contribution in [0, 0.1) is 0 Å². The number of nitrogens with one attached hydrogen (secondary N) is 2. The Hall–Kier alpha value is -1.57. The van der Waals surface area contributed by atoms with Gasteiger partial charge in [-0.05, 0) is 19.3 Å². The minimum atomic E-state index is -1.14. The number of unbranched alkanes of at least 4 members (excludes halogenated alkanes) is 2. The SMILES string of the molecule is CCCNC(=O)[C@H](CC(=O)O)NC(=O)CCCCCSC(C)=O. The highest BCUT2D eigenvalue weighted by Crippen LogP contribution is 2.08. The predicted octanol–water partition coefficient (Wildman–Crippen LogP) is 1.31. The Kier molecular flexibility index (Phi) is 12.0. The summed E-state index contributed by atoms with van der Waals surface area (Å²) in [7, 11) is 0. The van der Waals surface area contributed by atoms with Crippen LogP contribution in [0.25, 0.3) is 0 Å². The average Bonchev–Trinajstić information content (AvgIpc) is 2.46. The minimum Gasteiger partial charge on any atom is -0.481 e. The highest BCUT2D eigenvalue weighted by molar-refractivity contribution is 8.13. The zero-order valence-corrected chi connectivity index (χ0v) is 14.5. The molecule has 1 atom stereocenters. The second-order valence-electron chi connectivity index (χ2n) is 5.16. The third-order valence-corrected chi connectivity index (χ3v) is 3.83. The summed E-state index contributed by atoms with van der Waals surface area (Å²) in [6.45, 7) is 3.85. The Balaban J connectivity index is 4.09. The van der Waals surface area contributed by atoms with Gasteiger partial charge in [-0.2, -0.15) is 0 Å². The molecule has 0 bridgehead atoms. The van der Waals surface area contributed by atoms with Crippen LogP contribution in [0.3, 0.4) is 0 Å². The maximum Gasteiger partial charge on any atom is 0.305 e. The molecule has 0 unspecified atom stereocenters. The van der Waals surface area contributed by atoms with E-state index in [2.05, 4.69) is 10.6 Å². The van der Waals surface area contributed by atoms with Crippen LogP contribution < -0.4 is 10.6 Å². The normalized spacial score (nSPS) is 11.6. The van der Waals surface area contributed by atoms with E-state index >= 15 is 0 Å². The van der Waals surface area contributed by atoms with Crippen LogP contribution in [0.2, 0.25) is 0 Å². The van der Waals surface area contributed by atoms with Crippen LogP contribution in [-0.4, -0.2) is 46.3 Å². The first-order valence-electron chi connectivity index (χ1n) is 7.79. The minimum absolute atomic E-state index is 0.0809. The predicted molar refractivity (Wildman–Crippen MR) is 89.1 cm³/mol. The van der Waals surface area contributed by atoms with E-state index in [4.69, 9.17) is 5.11 Å². The lowest BCUT2D eigenvalue weighted by Gasteiger charge is -2.16. The highest BCUT2D eigenvalue weighted by atomic mass is 32.2. The van der Waals surface area contributed by atoms with Crippen LogP contribution in [0.4, 0.5) is 0 Å². The lowest BCUT2D eigenvalue weighted by atomic mass is 10.1. The average molecular weight is 346 g/mol. The molecule has 0 fully saturated rings. The molecule has 0 rings (SSSR count). The van der Waals surface area contributed by atoms with Crippen molar-refractivity contribution in [3.63, 3.8) is 0 Å². The number of aliphatic carboxylic acids is 1. The van der Waals surface area contributed by atoms with E-state index in [9.17, 15) is 19.2 Å². The van der Waals surface area contributed by atoms with Crippen molar-refractivity contribution >= 4 is 34.7 Å². The molecule has 0 heterocycles. The Morgan fingerprint density at radius 2 is 1.83 bits per heavy atom. The van der Waals surface area contributed by atoms with Crippen molar-refractivity contribution in [2.45, 2.75) is 58.4 Å². The van der Waals surface area contributed by atoms with Crippen molar-refractivity contribution in [2.24, 2.45) is 0 Å². The van der Waals surface area contributed by atoms with Gasteiger partial charge in [0.25, 0.3) is 0 Å². The molecule has 132 valence electrons. The molecule has 0 aromatic rings. The summed E-state index contributed by atoms with van der Waals surface area (Å²) in [5.41, 5.74) is 0. The van der Waals surface area contributed by atoms with Crippen LogP contribution in [-0.2, 0) is 19.2 Å². The summed E-state index contributed by atoms with van der Waals surface area (Å²) in [6, 6.07) is -1.04. The van der Waals surface area contributed by atoms with Crippen molar-refractivity contribution in [2.75, 3.05) is 12.3 Å². The maximum absolute atomic E-state index is 11.8. The Labute approximate surface area is 141 Å². The summed E-state index contributed by atoms with van der Waals surface area (Å²) >= 11 is 1.26.